The highest BCUT2D eigenvalue weighted by Crippen LogP contribution is 2.26. The lowest BCUT2D eigenvalue weighted by atomic mass is 9.95. The van der Waals surface area contributed by atoms with E-state index in [-0.39, 0.29) is 11.8 Å². The lowest BCUT2D eigenvalue weighted by Crippen LogP contribution is -2.24. The Morgan fingerprint density at radius 3 is 2.68 bits per heavy atom. The number of hydrogen-bond acceptors (Lipinski definition) is 5. The van der Waals surface area contributed by atoms with Crippen LogP contribution in [0.15, 0.2) is 24.3 Å². The molecule has 2 aromatic rings. The van der Waals surface area contributed by atoms with Crippen molar-refractivity contribution in [3.8, 4) is 0 Å². The van der Waals surface area contributed by atoms with Gasteiger partial charge in [-0.2, -0.15) is 0 Å². The molecule has 6 heteroatoms. The van der Waals surface area contributed by atoms with Gasteiger partial charge in [-0.15, -0.1) is 0 Å². The number of rotatable bonds is 5. The van der Waals surface area contributed by atoms with Gasteiger partial charge >= 0.3 is 5.97 Å². The molecule has 1 unspecified atom stereocenters. The van der Waals surface area contributed by atoms with E-state index in [2.05, 4.69) is 15.3 Å². The van der Waals surface area contributed by atoms with E-state index in [1.165, 1.54) is 19.2 Å². The lowest BCUT2D eigenvalue weighted by Gasteiger charge is -2.21. The quantitative estimate of drug-likeness (QED) is 0.845. The van der Waals surface area contributed by atoms with Crippen LogP contribution in [0.5, 0.6) is 0 Å². The molecule has 1 atom stereocenters. The molecule has 5 nitrogen and oxygen atoms in total. The molecule has 132 valence electrons. The predicted molar refractivity (Wildman–Crippen MR) is 93.1 cm³/mol. The van der Waals surface area contributed by atoms with Crippen molar-refractivity contribution in [1.82, 2.24) is 9.97 Å². The number of fused-ring (bicyclic) bond motifs is 1. The Bertz CT molecular complexity index is 762. The molecule has 1 N–H and O–H groups in total. The van der Waals surface area contributed by atoms with Gasteiger partial charge in [0.2, 0.25) is 0 Å². The number of carbonyl (C=O) groups excluding carboxylic acids is 1. The zero-order chi connectivity index (χ0) is 17.8. The molecule has 25 heavy (non-hydrogen) atoms. The Hall–Kier alpha value is -2.50. The number of esters is 1. The summed E-state index contributed by atoms with van der Waals surface area (Å²) in [4.78, 5) is 21.2. The van der Waals surface area contributed by atoms with Crippen LogP contribution in [0.25, 0.3) is 0 Å². The molecule has 0 fully saturated rings. The van der Waals surface area contributed by atoms with Gasteiger partial charge in [-0.1, -0.05) is 12.1 Å². The van der Waals surface area contributed by atoms with Gasteiger partial charge in [0.25, 0.3) is 0 Å². The number of nitrogens with zero attached hydrogens (tertiary/aromatic N) is 2. The first-order valence-electron chi connectivity index (χ1n) is 8.52. The second kappa shape index (κ2) is 7.59. The molecule has 0 saturated heterocycles. The molecule has 0 bridgehead atoms. The summed E-state index contributed by atoms with van der Waals surface area (Å²) in [6.07, 6.45) is 4.17. The third-order valence-electron chi connectivity index (χ3n) is 4.53. The van der Waals surface area contributed by atoms with Crippen molar-refractivity contribution >= 4 is 11.8 Å². The zero-order valence-corrected chi connectivity index (χ0v) is 14.5. The maximum atomic E-state index is 13.2. The summed E-state index contributed by atoms with van der Waals surface area (Å²) >= 11 is 0. The van der Waals surface area contributed by atoms with Crippen LogP contribution in [0, 0.1) is 12.7 Å². The van der Waals surface area contributed by atoms with Gasteiger partial charge in [0, 0.05) is 17.8 Å². The van der Waals surface area contributed by atoms with Crippen molar-refractivity contribution in [2.45, 2.75) is 38.5 Å². The minimum Gasteiger partial charge on any atom is -0.468 e. The number of benzene rings is 1. The number of anilines is 1. The summed E-state index contributed by atoms with van der Waals surface area (Å²) in [5, 5.41) is 3.30. The molecule has 0 radical (unpaired) electrons. The summed E-state index contributed by atoms with van der Waals surface area (Å²) in [5.41, 5.74) is 2.94. The second-order valence-corrected chi connectivity index (χ2v) is 6.26. The number of halogens is 1. The maximum absolute atomic E-state index is 13.2. The molecule has 1 heterocycles. The monoisotopic (exact) mass is 343 g/mol. The van der Waals surface area contributed by atoms with Gasteiger partial charge in [-0.3, -0.25) is 4.79 Å². The van der Waals surface area contributed by atoms with Crippen molar-refractivity contribution < 1.29 is 13.9 Å². The molecule has 0 spiro atoms. The van der Waals surface area contributed by atoms with E-state index in [1.54, 1.807) is 12.1 Å². The summed E-state index contributed by atoms with van der Waals surface area (Å²) in [5.74, 6) is 0.289. The summed E-state index contributed by atoms with van der Waals surface area (Å²) in [6.45, 7) is 2.21. The normalized spacial score (nSPS) is 14.5. The van der Waals surface area contributed by atoms with Crippen LogP contribution in [0.2, 0.25) is 0 Å². The molecule has 1 aromatic heterocycles. The Labute approximate surface area is 146 Å². The number of ether oxygens (including phenoxy) is 1. The van der Waals surface area contributed by atoms with Gasteiger partial charge in [0.15, 0.2) is 0 Å². The van der Waals surface area contributed by atoms with Gasteiger partial charge in [-0.25, -0.2) is 14.4 Å². The van der Waals surface area contributed by atoms with Gasteiger partial charge < -0.3 is 10.1 Å². The van der Waals surface area contributed by atoms with Gasteiger partial charge in [0.1, 0.15) is 17.5 Å². The van der Waals surface area contributed by atoms with Gasteiger partial charge in [-0.05, 0) is 50.3 Å². The molecule has 1 aromatic carbocycles. The number of aryl methyl sites for hydroxylation is 2. The van der Waals surface area contributed by atoms with E-state index in [9.17, 15) is 9.18 Å². The summed E-state index contributed by atoms with van der Waals surface area (Å²) < 4.78 is 18.1. The van der Waals surface area contributed by atoms with E-state index in [1.807, 2.05) is 6.92 Å². The highest BCUT2D eigenvalue weighted by molar-refractivity contribution is 5.78. The van der Waals surface area contributed by atoms with E-state index in [0.29, 0.717) is 12.1 Å². The Morgan fingerprint density at radius 2 is 1.96 bits per heavy atom. The Balaban J connectivity index is 1.83. The molecule has 0 aliphatic heterocycles. The first-order valence-corrected chi connectivity index (χ1v) is 8.52. The Kier molecular flexibility index (Phi) is 5.26. The molecule has 0 saturated carbocycles. The highest BCUT2D eigenvalue weighted by atomic mass is 19.1. The molecule has 1 aliphatic rings. The number of methoxy groups -OCH3 is 1. The SMILES string of the molecule is COC(=O)C(CNc1nc(C)nc2c1CCCC2)c1ccc(F)cc1. The fourth-order valence-corrected chi connectivity index (χ4v) is 3.24. The van der Waals surface area contributed by atoms with Crippen LogP contribution in [0.3, 0.4) is 0 Å². The number of carbonyl (C=O) groups is 1. The fraction of sp³-hybridized carbons (Fsp3) is 0.421. The largest absolute Gasteiger partial charge is 0.468 e. The first kappa shape index (κ1) is 17.3. The fourth-order valence-electron chi connectivity index (χ4n) is 3.24. The van der Waals surface area contributed by atoms with E-state index < -0.39 is 5.92 Å². The maximum Gasteiger partial charge on any atom is 0.314 e. The number of hydrogen-bond donors (Lipinski definition) is 1. The van der Waals surface area contributed by atoms with E-state index in [0.717, 1.165) is 48.6 Å². The Morgan fingerprint density at radius 1 is 1.24 bits per heavy atom. The van der Waals surface area contributed by atoms with Crippen LogP contribution in [0.4, 0.5) is 10.2 Å². The van der Waals surface area contributed by atoms with Crippen molar-refractivity contribution in [2.24, 2.45) is 0 Å². The van der Waals surface area contributed by atoms with E-state index >= 15 is 0 Å². The van der Waals surface area contributed by atoms with Crippen LogP contribution in [0.1, 0.15) is 41.4 Å². The predicted octanol–water partition coefficient (Wildman–Crippen LogP) is 3.17. The first-order chi connectivity index (χ1) is 12.1. The van der Waals surface area contributed by atoms with Crippen LogP contribution in [-0.4, -0.2) is 29.6 Å². The average Bonchev–Trinajstić information content (AvgIpc) is 2.62. The van der Waals surface area contributed by atoms with Crippen molar-refractivity contribution in [1.29, 1.82) is 0 Å². The van der Waals surface area contributed by atoms with E-state index in [4.69, 9.17) is 4.74 Å². The minimum atomic E-state index is -0.528. The third-order valence-corrected chi connectivity index (χ3v) is 4.53. The van der Waals surface area contributed by atoms with Crippen LogP contribution in [-0.2, 0) is 22.4 Å². The lowest BCUT2D eigenvalue weighted by molar-refractivity contribution is -0.142. The van der Waals surface area contributed by atoms with Crippen molar-refractivity contribution in [3.63, 3.8) is 0 Å². The topological polar surface area (TPSA) is 64.1 Å². The minimum absolute atomic E-state index is 0.333. The molecular formula is C19H22FN3O2. The summed E-state index contributed by atoms with van der Waals surface area (Å²) in [6, 6.07) is 5.92. The average molecular weight is 343 g/mol. The van der Waals surface area contributed by atoms with Crippen LogP contribution < -0.4 is 5.32 Å². The van der Waals surface area contributed by atoms with Crippen molar-refractivity contribution in [2.75, 3.05) is 19.0 Å². The smallest absolute Gasteiger partial charge is 0.314 e. The number of nitrogens with one attached hydrogen (secondary N) is 1. The molecule has 3 rings (SSSR count). The van der Waals surface area contributed by atoms with Crippen molar-refractivity contribution in [3.05, 3.63) is 52.7 Å². The third kappa shape index (κ3) is 3.95. The second-order valence-electron chi connectivity index (χ2n) is 6.26. The molecule has 0 amide bonds. The van der Waals surface area contributed by atoms with Gasteiger partial charge in [0.05, 0.1) is 13.0 Å². The number of aromatic nitrogens is 2. The standard InChI is InChI=1S/C19H22FN3O2/c1-12-22-17-6-4-3-5-15(17)18(23-12)21-11-16(19(24)25-2)13-7-9-14(20)10-8-13/h7-10,16H,3-6,11H2,1-2H3,(H,21,22,23). The zero-order valence-electron chi connectivity index (χ0n) is 14.5. The highest BCUT2D eigenvalue weighted by Gasteiger charge is 2.23. The summed E-state index contributed by atoms with van der Waals surface area (Å²) in [7, 11) is 1.36. The molecular weight excluding hydrogens is 321 g/mol. The molecule has 1 aliphatic carbocycles. The van der Waals surface area contributed by atoms with Crippen LogP contribution >= 0.6 is 0 Å².